The number of nitrogens with zero attached hydrogens (tertiary/aromatic N) is 3. The van der Waals surface area contributed by atoms with Crippen molar-refractivity contribution < 1.29 is 13.7 Å². The lowest BCUT2D eigenvalue weighted by atomic mass is 10.2. The van der Waals surface area contributed by atoms with Crippen molar-refractivity contribution in [1.29, 1.82) is 0 Å². The Morgan fingerprint density at radius 1 is 1.43 bits per heavy atom. The zero-order chi connectivity index (χ0) is 16.7. The average molecular weight is 320 g/mol. The summed E-state index contributed by atoms with van der Waals surface area (Å²) in [5.41, 5.74) is 1.59. The summed E-state index contributed by atoms with van der Waals surface area (Å²) in [5, 5.41) is 7.03. The van der Waals surface area contributed by atoms with Crippen LogP contribution >= 0.6 is 0 Å². The maximum Gasteiger partial charge on any atom is 0.194 e. The molecule has 0 aliphatic carbocycles. The van der Waals surface area contributed by atoms with E-state index in [1.807, 2.05) is 24.9 Å². The van der Waals surface area contributed by atoms with Crippen molar-refractivity contribution in [2.45, 2.75) is 20.0 Å². The maximum atomic E-state index is 13.8. The first kappa shape index (κ1) is 16.8. The maximum absolute atomic E-state index is 13.8. The van der Waals surface area contributed by atoms with Gasteiger partial charge in [-0.2, -0.15) is 0 Å². The summed E-state index contributed by atoms with van der Waals surface area (Å²) in [6, 6.07) is 6.69. The molecule has 6 nitrogen and oxygen atoms in total. The first-order valence-electron chi connectivity index (χ1n) is 7.35. The third-order valence-corrected chi connectivity index (χ3v) is 3.21. The van der Waals surface area contributed by atoms with Crippen LogP contribution in [0.3, 0.4) is 0 Å². The molecule has 1 aromatic heterocycles. The second-order valence-electron chi connectivity index (χ2n) is 4.99. The molecule has 23 heavy (non-hydrogen) atoms. The topological polar surface area (TPSA) is 62.9 Å². The fraction of sp³-hybridized carbons (Fsp3) is 0.375. The number of hydrogen-bond donors (Lipinski definition) is 1. The molecule has 7 heteroatoms. The number of methoxy groups -OCH3 is 1. The molecule has 0 amide bonds. The monoisotopic (exact) mass is 320 g/mol. The predicted molar refractivity (Wildman–Crippen MR) is 85.7 cm³/mol. The molecule has 0 fully saturated rings. The number of guanidine groups is 1. The van der Waals surface area contributed by atoms with Crippen LogP contribution in [0.5, 0.6) is 5.75 Å². The van der Waals surface area contributed by atoms with E-state index < -0.39 is 0 Å². The highest BCUT2D eigenvalue weighted by molar-refractivity contribution is 5.79. The fourth-order valence-corrected chi connectivity index (χ4v) is 2.10. The number of nitrogens with one attached hydrogen (secondary N) is 1. The van der Waals surface area contributed by atoms with E-state index in [-0.39, 0.29) is 11.6 Å². The Hall–Kier alpha value is -2.57. The minimum atomic E-state index is -0.372. The summed E-state index contributed by atoms with van der Waals surface area (Å²) in [5.74, 6) is 0.581. The molecule has 1 heterocycles. The van der Waals surface area contributed by atoms with E-state index in [4.69, 9.17) is 9.26 Å². The summed E-state index contributed by atoms with van der Waals surface area (Å²) in [7, 11) is 3.34. The zero-order valence-corrected chi connectivity index (χ0v) is 13.5. The van der Waals surface area contributed by atoms with Gasteiger partial charge in [-0.3, -0.25) is 0 Å². The number of aromatic nitrogens is 1. The predicted octanol–water partition coefficient (Wildman–Crippen LogP) is 2.42. The van der Waals surface area contributed by atoms with Crippen molar-refractivity contribution in [1.82, 2.24) is 15.4 Å². The normalized spacial score (nSPS) is 11.4. The van der Waals surface area contributed by atoms with Crippen molar-refractivity contribution in [3.8, 4) is 5.75 Å². The second kappa shape index (κ2) is 8.17. The van der Waals surface area contributed by atoms with Crippen LogP contribution in [0, 0.1) is 5.82 Å². The van der Waals surface area contributed by atoms with E-state index in [0.29, 0.717) is 19.0 Å². The van der Waals surface area contributed by atoms with Crippen molar-refractivity contribution in [2.24, 2.45) is 4.99 Å². The van der Waals surface area contributed by atoms with E-state index in [1.54, 1.807) is 12.1 Å². The largest absolute Gasteiger partial charge is 0.494 e. The molecule has 0 aliphatic rings. The van der Waals surface area contributed by atoms with Gasteiger partial charge in [-0.15, -0.1) is 0 Å². The minimum absolute atomic E-state index is 0.239. The molecule has 2 rings (SSSR count). The van der Waals surface area contributed by atoms with Crippen LogP contribution in [0.25, 0.3) is 0 Å². The van der Waals surface area contributed by atoms with E-state index in [9.17, 15) is 4.39 Å². The van der Waals surface area contributed by atoms with Crippen LogP contribution in [-0.4, -0.2) is 36.7 Å². The van der Waals surface area contributed by atoms with Crippen molar-refractivity contribution in [3.05, 3.63) is 47.6 Å². The van der Waals surface area contributed by atoms with Gasteiger partial charge in [0.25, 0.3) is 0 Å². The molecule has 0 radical (unpaired) electrons. The Labute approximate surface area is 134 Å². The van der Waals surface area contributed by atoms with Gasteiger partial charge in [-0.1, -0.05) is 11.2 Å². The Kier molecular flexibility index (Phi) is 5.96. The van der Waals surface area contributed by atoms with Gasteiger partial charge >= 0.3 is 0 Å². The second-order valence-corrected chi connectivity index (χ2v) is 4.99. The van der Waals surface area contributed by atoms with Gasteiger partial charge in [0.1, 0.15) is 12.0 Å². The zero-order valence-electron chi connectivity index (χ0n) is 13.5. The summed E-state index contributed by atoms with van der Waals surface area (Å²) in [4.78, 5) is 6.42. The first-order valence-corrected chi connectivity index (χ1v) is 7.35. The molecule has 0 atom stereocenters. The van der Waals surface area contributed by atoms with E-state index in [1.165, 1.54) is 19.4 Å². The summed E-state index contributed by atoms with van der Waals surface area (Å²) in [6.45, 7) is 3.66. The SMILES string of the molecule is CCNC(=NCc1ccon1)N(C)Cc1ccc(OC)c(F)c1. The molecule has 1 aromatic carbocycles. The van der Waals surface area contributed by atoms with Gasteiger partial charge in [0.15, 0.2) is 17.5 Å². The molecule has 1 N–H and O–H groups in total. The molecule has 0 aliphatic heterocycles. The van der Waals surface area contributed by atoms with Gasteiger partial charge < -0.3 is 19.5 Å². The van der Waals surface area contributed by atoms with Crippen molar-refractivity contribution in [2.75, 3.05) is 20.7 Å². The summed E-state index contributed by atoms with van der Waals surface area (Å²) in [6.07, 6.45) is 1.52. The highest BCUT2D eigenvalue weighted by atomic mass is 19.1. The fourth-order valence-electron chi connectivity index (χ4n) is 2.10. The number of benzene rings is 1. The average Bonchev–Trinajstić information content (AvgIpc) is 3.05. The molecule has 124 valence electrons. The Morgan fingerprint density at radius 3 is 2.87 bits per heavy atom. The lowest BCUT2D eigenvalue weighted by molar-refractivity contribution is 0.385. The molecule has 0 saturated carbocycles. The number of hydrogen-bond acceptors (Lipinski definition) is 4. The Balaban J connectivity index is 2.06. The van der Waals surface area contributed by atoms with Gasteiger partial charge in [-0.25, -0.2) is 9.38 Å². The molecule has 2 aromatic rings. The Morgan fingerprint density at radius 2 is 2.26 bits per heavy atom. The lowest BCUT2D eigenvalue weighted by Gasteiger charge is -2.22. The summed E-state index contributed by atoms with van der Waals surface area (Å²) >= 11 is 0. The van der Waals surface area contributed by atoms with Crippen LogP contribution in [0.2, 0.25) is 0 Å². The molecule has 0 bridgehead atoms. The number of aliphatic imine (C=N–C) groups is 1. The minimum Gasteiger partial charge on any atom is -0.494 e. The molecule has 0 spiro atoms. The van der Waals surface area contributed by atoms with Crippen LogP contribution in [-0.2, 0) is 13.1 Å². The van der Waals surface area contributed by atoms with Gasteiger partial charge in [0.05, 0.1) is 13.7 Å². The smallest absolute Gasteiger partial charge is 0.194 e. The summed E-state index contributed by atoms with van der Waals surface area (Å²) < 4.78 is 23.5. The highest BCUT2D eigenvalue weighted by Gasteiger charge is 2.09. The third-order valence-electron chi connectivity index (χ3n) is 3.21. The highest BCUT2D eigenvalue weighted by Crippen LogP contribution is 2.18. The molecule has 0 saturated heterocycles. The van der Waals surface area contributed by atoms with E-state index in [2.05, 4.69) is 15.5 Å². The lowest BCUT2D eigenvalue weighted by Crippen LogP contribution is -2.38. The van der Waals surface area contributed by atoms with Crippen molar-refractivity contribution >= 4 is 5.96 Å². The number of ether oxygens (including phenoxy) is 1. The number of halogens is 1. The van der Waals surface area contributed by atoms with Crippen molar-refractivity contribution in [3.63, 3.8) is 0 Å². The molecular weight excluding hydrogens is 299 g/mol. The van der Waals surface area contributed by atoms with Crippen LogP contribution in [0.4, 0.5) is 4.39 Å². The van der Waals surface area contributed by atoms with E-state index >= 15 is 0 Å². The number of rotatable bonds is 6. The Bertz CT molecular complexity index is 644. The van der Waals surface area contributed by atoms with Crippen LogP contribution < -0.4 is 10.1 Å². The first-order chi connectivity index (χ1) is 11.1. The van der Waals surface area contributed by atoms with Gasteiger partial charge in [0, 0.05) is 26.2 Å². The van der Waals surface area contributed by atoms with Crippen LogP contribution in [0.15, 0.2) is 40.0 Å². The van der Waals surface area contributed by atoms with Gasteiger partial charge in [0.2, 0.25) is 0 Å². The quantitative estimate of drug-likeness (QED) is 0.654. The molecular formula is C16H21FN4O2. The molecule has 0 unspecified atom stereocenters. The van der Waals surface area contributed by atoms with Gasteiger partial charge in [-0.05, 0) is 24.6 Å². The van der Waals surface area contributed by atoms with Crippen LogP contribution in [0.1, 0.15) is 18.2 Å². The standard InChI is InChI=1S/C16H21FN4O2/c1-4-18-16(19-10-13-7-8-23-20-13)21(2)11-12-5-6-15(22-3)14(17)9-12/h5-9H,4,10-11H2,1-3H3,(H,18,19). The van der Waals surface area contributed by atoms with E-state index in [0.717, 1.165) is 17.8 Å². The third kappa shape index (κ3) is 4.70.